The lowest BCUT2D eigenvalue weighted by atomic mass is 9.73. The molecule has 18 heteroatoms. The van der Waals surface area contributed by atoms with Crippen LogP contribution in [-0.4, -0.2) is 96.6 Å². The highest BCUT2D eigenvalue weighted by Crippen LogP contribution is 2.36. The lowest BCUT2D eigenvalue weighted by Crippen LogP contribution is -3.20. The van der Waals surface area contributed by atoms with Crippen molar-refractivity contribution in [2.45, 2.75) is 50.0 Å². The SMILES string of the molecule is C=C[C@H]1C[NH+]2CC[C@H]1C[C@H]2[C@H](O)c1cc[nH+]c2ccc(OC)cc12.C=C[C@H]1C[NH+]2CC[C@H]1C[C@H]2[C@H](O)c1cc[nH+]c2ccc(OC)cc12.O.O.O.O=S(=O)([O-])[O-].[Cl-].[Cl-]. The topological polar surface area (TPSA) is 271 Å². The predicted octanol–water partition coefficient (Wildman–Crippen LogP) is -7.45. The Labute approximate surface area is 352 Å². The summed E-state index contributed by atoms with van der Waals surface area (Å²) in [6.07, 6.45) is 11.9. The molecule has 6 saturated heterocycles. The van der Waals surface area contributed by atoms with Crippen LogP contribution in [0.2, 0.25) is 0 Å². The molecule has 0 saturated carbocycles. The van der Waals surface area contributed by atoms with Crippen molar-refractivity contribution in [3.05, 3.63) is 97.4 Å². The van der Waals surface area contributed by atoms with Crippen molar-refractivity contribution in [3.63, 3.8) is 0 Å². The molecule has 10 rings (SSSR count). The number of piperidine rings is 6. The van der Waals surface area contributed by atoms with Crippen LogP contribution in [-0.2, 0) is 10.4 Å². The molecular weight excluding hydrogens is 815 g/mol. The van der Waals surface area contributed by atoms with Gasteiger partial charge < -0.3 is 79.8 Å². The monoisotopic (exact) mass is 872 g/mol. The molecule has 0 aliphatic carbocycles. The third-order valence-corrected chi connectivity index (χ3v) is 12.1. The fourth-order valence-electron chi connectivity index (χ4n) is 9.41. The Balaban J connectivity index is 0.000000482. The van der Waals surface area contributed by atoms with Crippen molar-refractivity contribution in [1.29, 1.82) is 0 Å². The highest BCUT2D eigenvalue weighted by molar-refractivity contribution is 7.79. The summed E-state index contributed by atoms with van der Waals surface area (Å²) < 4.78 is 44.8. The van der Waals surface area contributed by atoms with Crippen LogP contribution >= 0.6 is 0 Å². The second-order valence-corrected chi connectivity index (χ2v) is 15.6. The van der Waals surface area contributed by atoms with Crippen LogP contribution in [0.15, 0.2) is 86.2 Å². The Hall–Kier alpha value is -3.49. The molecule has 12 N–H and O–H groups in total. The molecule has 6 aliphatic heterocycles. The summed E-state index contributed by atoms with van der Waals surface area (Å²) in [6, 6.07) is 16.5. The zero-order valence-corrected chi connectivity index (χ0v) is 35.0. The molecule has 6 fully saturated rings. The molecule has 10 atom stereocenters. The summed E-state index contributed by atoms with van der Waals surface area (Å²) in [5, 5.41) is 24.5. The van der Waals surface area contributed by atoms with E-state index in [1.54, 1.807) is 14.2 Å². The molecule has 0 radical (unpaired) electrons. The summed E-state index contributed by atoms with van der Waals surface area (Å²) in [5.41, 5.74) is 4.07. The van der Waals surface area contributed by atoms with Gasteiger partial charge in [0.15, 0.2) is 12.4 Å². The number of nitrogens with one attached hydrogen (secondary N) is 4. The van der Waals surface area contributed by atoms with E-state index in [-0.39, 0.29) is 53.3 Å². The molecular formula is C40H58Cl2N4O11S. The Bertz CT molecular complexity index is 1910. The Morgan fingerprint density at radius 1 is 0.724 bits per heavy atom. The lowest BCUT2D eigenvalue weighted by Gasteiger charge is -2.47. The molecule has 4 bridgehead atoms. The van der Waals surface area contributed by atoms with E-state index in [4.69, 9.17) is 27.0 Å². The number of pyridine rings is 2. The fraction of sp³-hybridized carbons (Fsp3) is 0.450. The Morgan fingerprint density at radius 2 is 1.09 bits per heavy atom. The summed E-state index contributed by atoms with van der Waals surface area (Å²) in [7, 11) is -1.81. The normalized spacial score (nSPS) is 26.0. The Kier molecular flexibility index (Phi) is 20.6. The molecule has 4 aromatic rings. The van der Waals surface area contributed by atoms with Gasteiger partial charge in [-0.2, -0.15) is 0 Å². The van der Waals surface area contributed by atoms with Gasteiger partial charge in [-0.1, -0.05) is 12.2 Å². The number of hydrogen-bond donors (Lipinski definition) is 4. The quantitative estimate of drug-likeness (QED) is 0.0749. The van der Waals surface area contributed by atoms with Gasteiger partial charge >= 0.3 is 0 Å². The predicted molar refractivity (Wildman–Crippen MR) is 207 cm³/mol. The number of aliphatic hydroxyl groups excluding tert-OH is 2. The van der Waals surface area contributed by atoms with Crippen LogP contribution in [0.5, 0.6) is 11.5 Å². The molecule has 0 spiro atoms. The number of halogens is 2. The van der Waals surface area contributed by atoms with E-state index >= 15 is 0 Å². The van der Waals surface area contributed by atoms with Gasteiger partial charge in [-0.05, 0) is 36.1 Å². The molecule has 324 valence electrons. The first kappa shape index (κ1) is 52.5. The van der Waals surface area contributed by atoms with Crippen LogP contribution in [0, 0.1) is 23.7 Å². The van der Waals surface area contributed by atoms with Crippen molar-refractivity contribution in [2.75, 3.05) is 40.4 Å². The Morgan fingerprint density at radius 3 is 1.38 bits per heavy atom. The first-order valence-corrected chi connectivity index (χ1v) is 19.7. The number of rotatable bonds is 8. The lowest BCUT2D eigenvalue weighted by molar-refractivity contribution is -0.949. The zero-order valence-electron chi connectivity index (χ0n) is 32.6. The van der Waals surface area contributed by atoms with E-state index in [0.717, 1.165) is 83.5 Å². The van der Waals surface area contributed by atoms with Crippen LogP contribution in [0.3, 0.4) is 0 Å². The molecule has 15 nitrogen and oxygen atoms in total. The standard InChI is InChI=1S/2C20H24N2O2.2ClH.H2O4S.3H2O/c2*1-3-13-12-22-9-7-14(13)10-19(22)20(23)16-6-8-21-18-5-4-15(24-2)11-17(16)18;;;1-5(2,3)4;;;/h2*3-6,8,11,13-14,19-20,23H,1,7,9-10,12H2,2H3;2*1H;(H2,1,2,3,4);3*1H2/t2*13-,14-,19-,20+;;;;;;/m00....../s1. The highest BCUT2D eigenvalue weighted by atomic mass is 35.5. The molecule has 8 heterocycles. The number of ether oxygens (including phenoxy) is 2. The molecule has 6 aliphatic rings. The minimum atomic E-state index is -5.17. The second-order valence-electron chi connectivity index (χ2n) is 14.8. The maximum absolute atomic E-state index is 11.2. The first-order valence-electron chi connectivity index (χ1n) is 18.4. The van der Waals surface area contributed by atoms with E-state index in [9.17, 15) is 10.2 Å². The van der Waals surface area contributed by atoms with Crippen LogP contribution < -0.4 is 54.1 Å². The van der Waals surface area contributed by atoms with Gasteiger partial charge in [-0.25, -0.2) is 9.97 Å². The van der Waals surface area contributed by atoms with Gasteiger partial charge in [-0.3, -0.25) is 8.42 Å². The van der Waals surface area contributed by atoms with Gasteiger partial charge in [0.1, 0.15) is 35.8 Å². The smallest absolute Gasteiger partial charge is 0.211 e. The number of methoxy groups -OCH3 is 2. The van der Waals surface area contributed by atoms with Gasteiger partial charge in [-0.15, -0.1) is 13.2 Å². The zero-order chi connectivity index (χ0) is 37.9. The molecule has 2 aromatic carbocycles. The summed E-state index contributed by atoms with van der Waals surface area (Å²) in [5.74, 6) is 4.21. The maximum Gasteiger partial charge on any atom is 0.211 e. The van der Waals surface area contributed by atoms with E-state index in [2.05, 4.69) is 35.3 Å². The molecule has 2 aromatic heterocycles. The van der Waals surface area contributed by atoms with E-state index < -0.39 is 22.6 Å². The van der Waals surface area contributed by atoms with E-state index in [1.807, 2.05) is 60.9 Å². The number of aliphatic hydroxyl groups is 2. The number of quaternary nitrogens is 2. The highest BCUT2D eigenvalue weighted by Gasteiger charge is 2.47. The van der Waals surface area contributed by atoms with Crippen molar-refractivity contribution < 1.29 is 98.2 Å². The molecule has 0 amide bonds. The van der Waals surface area contributed by atoms with Crippen LogP contribution in [0.4, 0.5) is 0 Å². The largest absolute Gasteiger partial charge is 1.00 e. The third kappa shape index (κ3) is 11.8. The van der Waals surface area contributed by atoms with Crippen molar-refractivity contribution in [1.82, 2.24) is 0 Å². The minimum absolute atomic E-state index is 0. The summed E-state index contributed by atoms with van der Waals surface area (Å²) in [6.45, 7) is 12.5. The van der Waals surface area contributed by atoms with Crippen molar-refractivity contribution in [2.24, 2.45) is 23.7 Å². The number of H-pyrrole nitrogens is 2. The average Bonchev–Trinajstić information content (AvgIpc) is 3.19. The number of aromatic amines is 2. The van der Waals surface area contributed by atoms with Gasteiger partial charge in [0.05, 0.1) is 51.2 Å². The van der Waals surface area contributed by atoms with E-state index in [0.29, 0.717) is 23.7 Å². The first-order chi connectivity index (χ1) is 25.4. The van der Waals surface area contributed by atoms with Gasteiger partial charge in [0.2, 0.25) is 11.0 Å². The van der Waals surface area contributed by atoms with Crippen LogP contribution in [0.1, 0.15) is 49.0 Å². The summed E-state index contributed by atoms with van der Waals surface area (Å²) >= 11 is 0. The minimum Gasteiger partial charge on any atom is -1.00 e. The van der Waals surface area contributed by atoms with Crippen LogP contribution in [0.25, 0.3) is 21.8 Å². The van der Waals surface area contributed by atoms with Crippen molar-refractivity contribution in [3.8, 4) is 11.5 Å². The number of fused-ring (bicyclic) bond motifs is 8. The van der Waals surface area contributed by atoms with Gasteiger partial charge in [0.25, 0.3) is 0 Å². The second kappa shape index (κ2) is 22.8. The van der Waals surface area contributed by atoms with Crippen molar-refractivity contribution >= 4 is 32.2 Å². The molecule has 2 unspecified atom stereocenters. The summed E-state index contributed by atoms with van der Waals surface area (Å²) in [4.78, 5) is 9.58. The fourth-order valence-corrected chi connectivity index (χ4v) is 9.41. The van der Waals surface area contributed by atoms with Gasteiger partial charge in [0, 0.05) is 83.3 Å². The molecule has 58 heavy (non-hydrogen) atoms. The number of aromatic nitrogens is 2. The number of benzene rings is 2. The third-order valence-electron chi connectivity index (χ3n) is 12.1. The maximum atomic E-state index is 11.2. The number of hydrogen-bond acceptors (Lipinski definition) is 8. The average molecular weight is 874 g/mol. The van der Waals surface area contributed by atoms with E-state index in [1.165, 1.54) is 22.6 Å².